The molecule has 0 aromatic carbocycles. The van der Waals surface area contributed by atoms with Crippen LogP contribution in [0.1, 0.15) is 40.0 Å². The topological polar surface area (TPSA) is 15.3 Å². The van der Waals surface area contributed by atoms with Gasteiger partial charge < -0.3 is 10.2 Å². The Kier molecular flexibility index (Phi) is 5.62. The Hall–Kier alpha value is -0.0800. The Morgan fingerprint density at radius 2 is 1.87 bits per heavy atom. The number of rotatable bonds is 6. The van der Waals surface area contributed by atoms with Crippen molar-refractivity contribution in [1.82, 2.24) is 10.2 Å². The molecule has 1 N–H and O–H groups in total. The Balaban J connectivity index is 2.10. The van der Waals surface area contributed by atoms with E-state index in [1.54, 1.807) is 0 Å². The summed E-state index contributed by atoms with van der Waals surface area (Å²) in [5, 5.41) is 3.38. The van der Waals surface area contributed by atoms with Crippen molar-refractivity contribution in [3.05, 3.63) is 0 Å². The summed E-state index contributed by atoms with van der Waals surface area (Å²) in [6.45, 7) is 11.0. The molecule has 90 valence electrons. The third kappa shape index (κ3) is 4.12. The molecule has 0 spiro atoms. The van der Waals surface area contributed by atoms with Crippen LogP contribution in [-0.4, -0.2) is 37.6 Å². The maximum atomic E-state index is 3.38. The highest BCUT2D eigenvalue weighted by atomic mass is 15.1. The third-order valence-electron chi connectivity index (χ3n) is 3.99. The average molecular weight is 212 g/mol. The minimum absolute atomic E-state index is 0.724. The van der Waals surface area contributed by atoms with Crippen molar-refractivity contribution in [2.24, 2.45) is 11.8 Å². The Morgan fingerprint density at radius 3 is 2.33 bits per heavy atom. The first kappa shape index (κ1) is 13.0. The molecule has 3 unspecified atom stereocenters. The molecular weight excluding hydrogens is 184 g/mol. The fourth-order valence-corrected chi connectivity index (χ4v) is 2.55. The van der Waals surface area contributed by atoms with Gasteiger partial charge in [-0.2, -0.15) is 0 Å². The third-order valence-corrected chi connectivity index (χ3v) is 3.99. The van der Waals surface area contributed by atoms with E-state index in [9.17, 15) is 0 Å². The molecule has 1 aliphatic heterocycles. The van der Waals surface area contributed by atoms with Gasteiger partial charge >= 0.3 is 0 Å². The summed E-state index contributed by atoms with van der Waals surface area (Å²) >= 11 is 0. The summed E-state index contributed by atoms with van der Waals surface area (Å²) in [5.41, 5.74) is 0. The summed E-state index contributed by atoms with van der Waals surface area (Å²) in [4.78, 5) is 2.64. The number of hydrogen-bond donors (Lipinski definition) is 1. The van der Waals surface area contributed by atoms with Crippen LogP contribution in [0.5, 0.6) is 0 Å². The fraction of sp³-hybridized carbons (Fsp3) is 1.00. The van der Waals surface area contributed by atoms with Crippen molar-refractivity contribution in [2.45, 2.75) is 46.1 Å². The predicted octanol–water partition coefficient (Wildman–Crippen LogP) is 2.35. The van der Waals surface area contributed by atoms with Crippen LogP contribution in [-0.2, 0) is 0 Å². The van der Waals surface area contributed by atoms with Gasteiger partial charge in [-0.1, -0.05) is 20.8 Å². The molecule has 0 saturated carbocycles. The van der Waals surface area contributed by atoms with Crippen LogP contribution in [0.4, 0.5) is 0 Å². The van der Waals surface area contributed by atoms with Crippen LogP contribution in [0, 0.1) is 11.8 Å². The second kappa shape index (κ2) is 6.49. The van der Waals surface area contributed by atoms with Gasteiger partial charge in [0.05, 0.1) is 0 Å². The molecule has 1 heterocycles. The maximum Gasteiger partial charge on any atom is 0.00619 e. The number of nitrogens with zero attached hydrogens (tertiary/aromatic N) is 1. The summed E-state index contributed by atoms with van der Waals surface area (Å²) in [5.74, 6) is 1.80. The molecule has 0 amide bonds. The second-order valence-corrected chi connectivity index (χ2v) is 5.25. The number of hydrogen-bond acceptors (Lipinski definition) is 2. The van der Waals surface area contributed by atoms with E-state index in [4.69, 9.17) is 0 Å². The van der Waals surface area contributed by atoms with E-state index in [0.717, 1.165) is 17.9 Å². The van der Waals surface area contributed by atoms with Crippen molar-refractivity contribution < 1.29 is 0 Å². The molecule has 1 aliphatic rings. The fourth-order valence-electron chi connectivity index (χ4n) is 2.55. The molecule has 15 heavy (non-hydrogen) atoms. The largest absolute Gasteiger partial charge is 0.317 e. The zero-order valence-electron chi connectivity index (χ0n) is 10.9. The van der Waals surface area contributed by atoms with Crippen LogP contribution >= 0.6 is 0 Å². The highest BCUT2D eigenvalue weighted by Gasteiger charge is 2.25. The van der Waals surface area contributed by atoms with Crippen molar-refractivity contribution >= 4 is 0 Å². The molecule has 0 aliphatic carbocycles. The Morgan fingerprint density at radius 1 is 1.27 bits per heavy atom. The molecule has 1 saturated heterocycles. The Labute approximate surface area is 95.4 Å². The molecule has 0 bridgehead atoms. The van der Waals surface area contributed by atoms with Crippen molar-refractivity contribution in [2.75, 3.05) is 26.7 Å². The summed E-state index contributed by atoms with van der Waals surface area (Å²) in [6.07, 6.45) is 3.92. The lowest BCUT2D eigenvalue weighted by Crippen LogP contribution is -2.27. The van der Waals surface area contributed by atoms with Gasteiger partial charge in [0.25, 0.3) is 0 Å². The highest BCUT2D eigenvalue weighted by molar-refractivity contribution is 4.78. The van der Waals surface area contributed by atoms with E-state index in [1.807, 2.05) is 0 Å². The van der Waals surface area contributed by atoms with Crippen LogP contribution in [0.3, 0.4) is 0 Å². The van der Waals surface area contributed by atoms with Crippen molar-refractivity contribution in [3.8, 4) is 0 Å². The van der Waals surface area contributed by atoms with Gasteiger partial charge in [-0.05, 0) is 44.7 Å². The first-order chi connectivity index (χ1) is 7.17. The van der Waals surface area contributed by atoms with E-state index < -0.39 is 0 Å². The molecule has 0 radical (unpaired) electrons. The molecule has 1 fully saturated rings. The number of likely N-dealkylation sites (tertiary alicyclic amines) is 1. The van der Waals surface area contributed by atoms with Gasteiger partial charge in [-0.15, -0.1) is 0 Å². The van der Waals surface area contributed by atoms with Gasteiger partial charge in [-0.3, -0.25) is 0 Å². The lowest BCUT2D eigenvalue weighted by molar-refractivity contribution is 0.307. The normalized spacial score (nSPS) is 29.6. The quantitative estimate of drug-likeness (QED) is 0.727. The molecular formula is C13H28N2. The zero-order valence-corrected chi connectivity index (χ0v) is 10.9. The van der Waals surface area contributed by atoms with Crippen LogP contribution in [0.2, 0.25) is 0 Å². The van der Waals surface area contributed by atoms with Gasteiger partial charge in [0.1, 0.15) is 0 Å². The first-order valence-electron chi connectivity index (χ1n) is 6.57. The average Bonchev–Trinajstić information content (AvgIpc) is 2.53. The number of nitrogens with one attached hydrogen (secondary N) is 1. The minimum Gasteiger partial charge on any atom is -0.317 e. The van der Waals surface area contributed by atoms with Gasteiger partial charge in [-0.25, -0.2) is 0 Å². The van der Waals surface area contributed by atoms with Crippen LogP contribution < -0.4 is 5.32 Å². The first-order valence-corrected chi connectivity index (χ1v) is 6.57. The van der Waals surface area contributed by atoms with Gasteiger partial charge in [0.2, 0.25) is 0 Å². The van der Waals surface area contributed by atoms with Crippen molar-refractivity contribution in [1.29, 1.82) is 0 Å². The predicted molar refractivity (Wildman–Crippen MR) is 67.1 cm³/mol. The molecule has 2 nitrogen and oxygen atoms in total. The minimum atomic E-state index is 0.724. The lowest BCUT2D eigenvalue weighted by Gasteiger charge is -2.18. The SMILES string of the molecule is CCC(CCCN1CC(C)C(C)C1)NC. The highest BCUT2D eigenvalue weighted by Crippen LogP contribution is 2.22. The molecule has 0 aromatic heterocycles. The molecule has 0 aromatic rings. The summed E-state index contributed by atoms with van der Waals surface area (Å²) < 4.78 is 0. The zero-order chi connectivity index (χ0) is 11.3. The van der Waals surface area contributed by atoms with E-state index in [1.165, 1.54) is 38.9 Å². The summed E-state index contributed by atoms with van der Waals surface area (Å²) in [6, 6.07) is 0.724. The molecule has 3 atom stereocenters. The van der Waals surface area contributed by atoms with Crippen LogP contribution in [0.15, 0.2) is 0 Å². The molecule has 2 heteroatoms. The standard InChI is InChI=1S/C13H28N2/c1-5-13(14-4)7-6-8-15-9-11(2)12(3)10-15/h11-14H,5-10H2,1-4H3. The molecule has 1 rings (SSSR count). The van der Waals surface area contributed by atoms with Gasteiger partial charge in [0.15, 0.2) is 0 Å². The van der Waals surface area contributed by atoms with E-state index in [2.05, 4.69) is 38.0 Å². The van der Waals surface area contributed by atoms with Gasteiger partial charge in [0, 0.05) is 19.1 Å². The smallest absolute Gasteiger partial charge is 0.00619 e. The Bertz CT molecular complexity index is 156. The second-order valence-electron chi connectivity index (χ2n) is 5.25. The summed E-state index contributed by atoms with van der Waals surface area (Å²) in [7, 11) is 2.08. The van der Waals surface area contributed by atoms with Crippen molar-refractivity contribution in [3.63, 3.8) is 0 Å². The lowest BCUT2D eigenvalue weighted by atomic mass is 10.0. The van der Waals surface area contributed by atoms with E-state index in [-0.39, 0.29) is 0 Å². The monoisotopic (exact) mass is 212 g/mol. The maximum absolute atomic E-state index is 3.38. The van der Waals surface area contributed by atoms with E-state index in [0.29, 0.717) is 0 Å². The van der Waals surface area contributed by atoms with Crippen LogP contribution in [0.25, 0.3) is 0 Å². The van der Waals surface area contributed by atoms with E-state index >= 15 is 0 Å².